The number of carbonyl (C=O) groups excluding carboxylic acids is 1. The van der Waals surface area contributed by atoms with Crippen molar-refractivity contribution in [3.05, 3.63) is 12.7 Å². The Hall–Kier alpha value is -0.830. The van der Waals surface area contributed by atoms with E-state index >= 15 is 0 Å². The van der Waals surface area contributed by atoms with Gasteiger partial charge in [0.2, 0.25) is 0 Å². The van der Waals surface area contributed by atoms with Crippen LogP contribution in [0.4, 0.5) is 0 Å². The van der Waals surface area contributed by atoms with Gasteiger partial charge in [-0.15, -0.1) is 0 Å². The minimum absolute atomic E-state index is 0.355. The quantitative estimate of drug-likeness (QED) is 0.371. The fourth-order valence-electron chi connectivity index (χ4n) is 1.05. The maximum absolute atomic E-state index is 10.6. The number of esters is 1. The SMILES string of the molecule is C=CC(=O)OCCNC(CC)CC. The van der Waals surface area contributed by atoms with Crippen LogP contribution in [0.5, 0.6) is 0 Å². The zero-order chi connectivity index (χ0) is 10.1. The zero-order valence-electron chi connectivity index (χ0n) is 8.51. The normalized spacial score (nSPS) is 10.1. The van der Waals surface area contributed by atoms with Gasteiger partial charge in [-0.25, -0.2) is 4.79 Å². The summed E-state index contributed by atoms with van der Waals surface area (Å²) in [5, 5.41) is 3.29. The van der Waals surface area contributed by atoms with Gasteiger partial charge in [-0.05, 0) is 12.8 Å². The summed E-state index contributed by atoms with van der Waals surface area (Å²) in [6, 6.07) is 0.530. The van der Waals surface area contributed by atoms with Crippen molar-refractivity contribution in [3.63, 3.8) is 0 Å². The molecule has 0 atom stereocenters. The van der Waals surface area contributed by atoms with Crippen LogP contribution in [0.1, 0.15) is 26.7 Å². The first-order chi connectivity index (χ1) is 6.24. The van der Waals surface area contributed by atoms with Crippen LogP contribution in [0, 0.1) is 0 Å². The average Bonchev–Trinajstić information content (AvgIpc) is 2.18. The van der Waals surface area contributed by atoms with Gasteiger partial charge in [0.15, 0.2) is 0 Å². The first-order valence-corrected chi connectivity index (χ1v) is 4.77. The van der Waals surface area contributed by atoms with Crippen LogP contribution in [-0.4, -0.2) is 25.2 Å². The molecule has 0 bridgehead atoms. The highest BCUT2D eigenvalue weighted by atomic mass is 16.5. The lowest BCUT2D eigenvalue weighted by atomic mass is 10.2. The van der Waals surface area contributed by atoms with Gasteiger partial charge >= 0.3 is 5.97 Å². The maximum atomic E-state index is 10.6. The van der Waals surface area contributed by atoms with Crippen molar-refractivity contribution in [2.45, 2.75) is 32.7 Å². The average molecular weight is 185 g/mol. The van der Waals surface area contributed by atoms with Gasteiger partial charge in [-0.2, -0.15) is 0 Å². The topological polar surface area (TPSA) is 38.3 Å². The van der Waals surface area contributed by atoms with Gasteiger partial charge in [-0.1, -0.05) is 20.4 Å². The molecule has 3 nitrogen and oxygen atoms in total. The lowest BCUT2D eigenvalue weighted by Crippen LogP contribution is -2.31. The highest BCUT2D eigenvalue weighted by Gasteiger charge is 2.01. The van der Waals surface area contributed by atoms with E-state index in [4.69, 9.17) is 4.74 Å². The molecule has 0 radical (unpaired) electrons. The van der Waals surface area contributed by atoms with Crippen molar-refractivity contribution < 1.29 is 9.53 Å². The van der Waals surface area contributed by atoms with Crippen molar-refractivity contribution in [1.29, 1.82) is 0 Å². The van der Waals surface area contributed by atoms with E-state index in [-0.39, 0.29) is 5.97 Å². The van der Waals surface area contributed by atoms with Gasteiger partial charge in [0.1, 0.15) is 6.61 Å². The summed E-state index contributed by atoms with van der Waals surface area (Å²) in [6.45, 7) is 8.72. The summed E-state index contributed by atoms with van der Waals surface area (Å²) >= 11 is 0. The van der Waals surface area contributed by atoms with Crippen molar-refractivity contribution in [1.82, 2.24) is 5.32 Å². The van der Waals surface area contributed by atoms with Crippen molar-refractivity contribution in [2.24, 2.45) is 0 Å². The highest BCUT2D eigenvalue weighted by molar-refractivity contribution is 5.81. The molecule has 0 aliphatic heterocycles. The predicted molar refractivity (Wildman–Crippen MR) is 53.5 cm³/mol. The lowest BCUT2D eigenvalue weighted by Gasteiger charge is -2.13. The van der Waals surface area contributed by atoms with Crippen LogP contribution in [-0.2, 0) is 9.53 Å². The molecule has 1 N–H and O–H groups in total. The monoisotopic (exact) mass is 185 g/mol. The van der Waals surface area contributed by atoms with Crippen molar-refractivity contribution in [3.8, 4) is 0 Å². The van der Waals surface area contributed by atoms with Crippen LogP contribution in [0.2, 0.25) is 0 Å². The van der Waals surface area contributed by atoms with E-state index in [1.807, 2.05) is 0 Å². The number of ether oxygens (including phenoxy) is 1. The Morgan fingerprint density at radius 3 is 2.62 bits per heavy atom. The fourth-order valence-corrected chi connectivity index (χ4v) is 1.05. The molecule has 0 aromatic heterocycles. The minimum atomic E-state index is -0.355. The second kappa shape index (κ2) is 7.80. The lowest BCUT2D eigenvalue weighted by molar-refractivity contribution is -0.137. The summed E-state index contributed by atoms with van der Waals surface area (Å²) in [6.07, 6.45) is 3.38. The Kier molecular flexibility index (Phi) is 7.30. The van der Waals surface area contributed by atoms with E-state index in [2.05, 4.69) is 25.7 Å². The van der Waals surface area contributed by atoms with Gasteiger partial charge < -0.3 is 10.1 Å². The van der Waals surface area contributed by atoms with Gasteiger partial charge in [0.25, 0.3) is 0 Å². The molecule has 0 unspecified atom stereocenters. The minimum Gasteiger partial charge on any atom is -0.461 e. The van der Waals surface area contributed by atoms with E-state index in [0.29, 0.717) is 19.2 Å². The van der Waals surface area contributed by atoms with E-state index in [0.717, 1.165) is 12.8 Å². The largest absolute Gasteiger partial charge is 0.461 e. The summed E-state index contributed by atoms with van der Waals surface area (Å²) in [5.41, 5.74) is 0. The highest BCUT2D eigenvalue weighted by Crippen LogP contribution is 1.94. The molecule has 0 fully saturated rings. The number of carbonyl (C=O) groups is 1. The first kappa shape index (κ1) is 12.2. The second-order valence-electron chi connectivity index (χ2n) is 2.84. The van der Waals surface area contributed by atoms with Gasteiger partial charge in [-0.3, -0.25) is 0 Å². The second-order valence-corrected chi connectivity index (χ2v) is 2.84. The van der Waals surface area contributed by atoms with Crippen LogP contribution in [0.3, 0.4) is 0 Å². The smallest absolute Gasteiger partial charge is 0.330 e. The summed E-state index contributed by atoms with van der Waals surface area (Å²) in [4.78, 5) is 10.6. The van der Waals surface area contributed by atoms with Crippen LogP contribution in [0.15, 0.2) is 12.7 Å². The summed E-state index contributed by atoms with van der Waals surface area (Å²) in [7, 11) is 0. The molecule has 0 saturated heterocycles. The van der Waals surface area contributed by atoms with Gasteiger partial charge in [0.05, 0.1) is 0 Å². The molecular weight excluding hydrogens is 166 g/mol. The van der Waals surface area contributed by atoms with Crippen molar-refractivity contribution in [2.75, 3.05) is 13.2 Å². The molecular formula is C10H19NO2. The Bertz CT molecular complexity index is 153. The Morgan fingerprint density at radius 2 is 2.15 bits per heavy atom. The van der Waals surface area contributed by atoms with E-state index in [9.17, 15) is 4.79 Å². The molecule has 0 rings (SSSR count). The Balaban J connectivity index is 3.33. The third kappa shape index (κ3) is 6.34. The van der Waals surface area contributed by atoms with Crippen molar-refractivity contribution >= 4 is 5.97 Å². The summed E-state index contributed by atoms with van der Waals surface area (Å²) in [5.74, 6) is -0.355. The number of hydrogen-bond acceptors (Lipinski definition) is 3. The molecule has 0 spiro atoms. The molecule has 0 aromatic rings. The third-order valence-corrected chi connectivity index (χ3v) is 1.93. The van der Waals surface area contributed by atoms with Crippen LogP contribution >= 0.6 is 0 Å². The number of nitrogens with one attached hydrogen (secondary N) is 1. The van der Waals surface area contributed by atoms with E-state index < -0.39 is 0 Å². The third-order valence-electron chi connectivity index (χ3n) is 1.93. The van der Waals surface area contributed by atoms with Crippen LogP contribution in [0.25, 0.3) is 0 Å². The molecule has 13 heavy (non-hydrogen) atoms. The molecule has 0 heterocycles. The standard InChI is InChI=1S/C10H19NO2/c1-4-9(5-2)11-7-8-13-10(12)6-3/h6,9,11H,3-5,7-8H2,1-2H3. The van der Waals surface area contributed by atoms with E-state index in [1.54, 1.807) is 0 Å². The zero-order valence-corrected chi connectivity index (χ0v) is 8.51. The predicted octanol–water partition coefficient (Wildman–Crippen LogP) is 1.49. The molecule has 0 aliphatic carbocycles. The molecule has 0 aromatic carbocycles. The number of rotatable bonds is 7. The van der Waals surface area contributed by atoms with Crippen LogP contribution < -0.4 is 5.32 Å². The molecule has 0 saturated carbocycles. The Morgan fingerprint density at radius 1 is 1.54 bits per heavy atom. The molecule has 76 valence electrons. The van der Waals surface area contributed by atoms with E-state index in [1.165, 1.54) is 6.08 Å². The molecule has 0 aliphatic rings. The molecule has 3 heteroatoms. The molecule has 0 amide bonds. The first-order valence-electron chi connectivity index (χ1n) is 4.77. The summed E-state index contributed by atoms with van der Waals surface area (Å²) < 4.78 is 4.81. The fraction of sp³-hybridized carbons (Fsp3) is 0.700. The Labute approximate surface area is 80.2 Å². The maximum Gasteiger partial charge on any atom is 0.330 e. The number of hydrogen-bond donors (Lipinski definition) is 1. The van der Waals surface area contributed by atoms with Gasteiger partial charge in [0, 0.05) is 18.7 Å².